The van der Waals surface area contributed by atoms with E-state index >= 15 is 0 Å². The zero-order valence-corrected chi connectivity index (χ0v) is 12.5. The molecule has 0 bridgehead atoms. The number of rotatable bonds is 4. The van der Waals surface area contributed by atoms with E-state index in [-0.39, 0.29) is 4.91 Å². The molecule has 1 N–H and O–H groups in total. The summed E-state index contributed by atoms with van der Waals surface area (Å²) in [7, 11) is -3.66. The Labute approximate surface area is 117 Å². The van der Waals surface area contributed by atoms with Gasteiger partial charge in [0.1, 0.15) is 6.07 Å². The van der Waals surface area contributed by atoms with Gasteiger partial charge in [0.15, 0.2) is 14.7 Å². The van der Waals surface area contributed by atoms with E-state index in [9.17, 15) is 8.42 Å². The van der Waals surface area contributed by atoms with Gasteiger partial charge in [-0.25, -0.2) is 8.42 Å². The van der Waals surface area contributed by atoms with E-state index in [4.69, 9.17) is 5.26 Å². The van der Waals surface area contributed by atoms with Crippen molar-refractivity contribution in [2.24, 2.45) is 5.10 Å². The van der Waals surface area contributed by atoms with Gasteiger partial charge in [0.25, 0.3) is 0 Å². The fourth-order valence-electron chi connectivity index (χ4n) is 1.06. The molecule has 0 amide bonds. The van der Waals surface area contributed by atoms with Gasteiger partial charge in [-0.15, -0.1) is 0 Å². The summed E-state index contributed by atoms with van der Waals surface area (Å²) in [5.74, 6) is 0. The number of nitriles is 1. The van der Waals surface area contributed by atoms with E-state index in [0.717, 1.165) is 11.8 Å². The van der Waals surface area contributed by atoms with Gasteiger partial charge in [0, 0.05) is 11.8 Å². The number of allylic oxidation sites excluding steroid dienone is 1. The first-order valence-corrected chi connectivity index (χ1v) is 7.87. The number of sulfone groups is 1. The average molecular weight is 297 g/mol. The van der Waals surface area contributed by atoms with Gasteiger partial charge in [0.05, 0.1) is 11.0 Å². The van der Waals surface area contributed by atoms with Crippen LogP contribution in [0.25, 0.3) is 0 Å². The second kappa shape index (κ2) is 5.99. The third-order valence-corrected chi connectivity index (χ3v) is 5.33. The molecule has 0 fully saturated rings. The summed E-state index contributed by atoms with van der Waals surface area (Å²) in [5.41, 5.74) is 3.37. The van der Waals surface area contributed by atoms with Gasteiger partial charge in [-0.2, -0.15) is 21.7 Å². The van der Waals surface area contributed by atoms with E-state index in [1.165, 1.54) is 11.3 Å². The van der Waals surface area contributed by atoms with Crippen molar-refractivity contribution in [1.82, 2.24) is 5.43 Å². The van der Waals surface area contributed by atoms with Crippen LogP contribution in [0.5, 0.6) is 0 Å². The molecule has 0 aliphatic heterocycles. The normalized spacial score (nSPS) is 13.5. The SMILES string of the molecule is CC(C)(C)S(=O)(=O)/C(C#N)=C/N/N=C\c1ccsc1. The van der Waals surface area contributed by atoms with E-state index in [1.54, 1.807) is 33.1 Å². The molecule has 102 valence electrons. The van der Waals surface area contributed by atoms with Crippen LogP contribution >= 0.6 is 11.3 Å². The van der Waals surface area contributed by atoms with Crippen molar-refractivity contribution in [3.8, 4) is 6.07 Å². The zero-order chi connectivity index (χ0) is 14.5. The monoisotopic (exact) mass is 297 g/mol. The Balaban J connectivity index is 2.83. The fourth-order valence-corrected chi connectivity index (χ4v) is 2.65. The van der Waals surface area contributed by atoms with Crippen LogP contribution in [-0.4, -0.2) is 19.4 Å². The van der Waals surface area contributed by atoms with E-state index < -0.39 is 14.6 Å². The van der Waals surface area contributed by atoms with Gasteiger partial charge >= 0.3 is 0 Å². The van der Waals surface area contributed by atoms with Crippen LogP contribution in [0.3, 0.4) is 0 Å². The summed E-state index contributed by atoms with van der Waals surface area (Å²) in [4.78, 5) is -0.331. The number of nitrogens with zero attached hydrogens (tertiary/aromatic N) is 2. The van der Waals surface area contributed by atoms with Crippen LogP contribution in [0.4, 0.5) is 0 Å². The lowest BCUT2D eigenvalue weighted by Crippen LogP contribution is -2.29. The lowest BCUT2D eigenvalue weighted by atomic mass is 10.3. The van der Waals surface area contributed by atoms with Crippen molar-refractivity contribution in [1.29, 1.82) is 5.26 Å². The minimum Gasteiger partial charge on any atom is -0.284 e. The molecular formula is C12H15N3O2S2. The minimum atomic E-state index is -3.66. The quantitative estimate of drug-likeness (QED) is 0.525. The summed E-state index contributed by atoms with van der Waals surface area (Å²) < 4.78 is 23.0. The Bertz CT molecular complexity index is 615. The summed E-state index contributed by atoms with van der Waals surface area (Å²) in [6.45, 7) is 4.63. The first-order valence-electron chi connectivity index (χ1n) is 5.45. The third-order valence-electron chi connectivity index (χ3n) is 2.23. The topological polar surface area (TPSA) is 82.3 Å². The van der Waals surface area contributed by atoms with Crippen molar-refractivity contribution < 1.29 is 8.42 Å². The van der Waals surface area contributed by atoms with Gasteiger partial charge in [-0.1, -0.05) is 0 Å². The molecule has 0 atom stereocenters. The highest BCUT2D eigenvalue weighted by atomic mass is 32.2. The van der Waals surface area contributed by atoms with E-state index in [1.807, 2.05) is 16.8 Å². The number of hydrogen-bond acceptors (Lipinski definition) is 6. The molecular weight excluding hydrogens is 282 g/mol. The molecule has 1 heterocycles. The van der Waals surface area contributed by atoms with Crippen molar-refractivity contribution in [3.05, 3.63) is 33.5 Å². The lowest BCUT2D eigenvalue weighted by molar-refractivity contribution is 0.568. The van der Waals surface area contributed by atoms with Gasteiger partial charge < -0.3 is 0 Å². The zero-order valence-electron chi connectivity index (χ0n) is 10.9. The Morgan fingerprint density at radius 2 is 2.21 bits per heavy atom. The smallest absolute Gasteiger partial charge is 0.194 e. The maximum absolute atomic E-state index is 12.0. The number of nitrogens with one attached hydrogen (secondary N) is 1. The van der Waals surface area contributed by atoms with Crippen molar-refractivity contribution in [2.45, 2.75) is 25.5 Å². The largest absolute Gasteiger partial charge is 0.284 e. The predicted octanol–water partition coefficient (Wildman–Crippen LogP) is 2.25. The second-order valence-corrected chi connectivity index (χ2v) is 8.13. The van der Waals surface area contributed by atoms with Crippen LogP contribution in [0, 0.1) is 11.3 Å². The predicted molar refractivity (Wildman–Crippen MR) is 77.4 cm³/mol. The van der Waals surface area contributed by atoms with Crippen LogP contribution in [-0.2, 0) is 9.84 Å². The maximum Gasteiger partial charge on any atom is 0.194 e. The molecule has 1 rings (SSSR count). The van der Waals surface area contributed by atoms with Gasteiger partial charge in [-0.3, -0.25) is 5.43 Å². The first kappa shape index (κ1) is 15.4. The fraction of sp³-hybridized carbons (Fsp3) is 0.333. The molecule has 0 spiro atoms. The molecule has 1 aromatic heterocycles. The molecule has 0 radical (unpaired) electrons. The van der Waals surface area contributed by atoms with Crippen LogP contribution in [0.1, 0.15) is 26.3 Å². The second-order valence-electron chi connectivity index (χ2n) is 4.68. The first-order chi connectivity index (χ1) is 8.79. The van der Waals surface area contributed by atoms with E-state index in [0.29, 0.717) is 0 Å². The Hall–Kier alpha value is -1.65. The summed E-state index contributed by atoms with van der Waals surface area (Å²) in [6, 6.07) is 3.55. The molecule has 5 nitrogen and oxygen atoms in total. The molecule has 0 unspecified atom stereocenters. The van der Waals surface area contributed by atoms with Crippen LogP contribution < -0.4 is 5.43 Å². The summed E-state index contributed by atoms with van der Waals surface area (Å²) in [5, 5.41) is 16.6. The molecule has 19 heavy (non-hydrogen) atoms. The Morgan fingerprint density at radius 1 is 1.53 bits per heavy atom. The van der Waals surface area contributed by atoms with Gasteiger partial charge in [0.2, 0.25) is 0 Å². The number of thiophene rings is 1. The highest BCUT2D eigenvalue weighted by Gasteiger charge is 2.33. The minimum absolute atomic E-state index is 0.331. The molecule has 7 heteroatoms. The van der Waals surface area contributed by atoms with Crippen molar-refractivity contribution >= 4 is 27.4 Å². The number of hydrogen-bond donors (Lipinski definition) is 1. The lowest BCUT2D eigenvalue weighted by Gasteiger charge is -2.17. The van der Waals surface area contributed by atoms with Crippen molar-refractivity contribution in [3.63, 3.8) is 0 Å². The molecule has 0 aliphatic carbocycles. The molecule has 0 saturated heterocycles. The standard InChI is InChI=1S/C12H15N3O2S2/c1-12(2,3)19(16,17)11(6-13)8-15-14-7-10-4-5-18-9-10/h4-5,7-9,15H,1-3H3/b11-8+,14-7-. The molecule has 0 aromatic carbocycles. The Morgan fingerprint density at radius 3 is 2.68 bits per heavy atom. The van der Waals surface area contributed by atoms with Gasteiger partial charge in [-0.05, 0) is 37.6 Å². The Kier molecular flexibility index (Phi) is 4.86. The summed E-state index contributed by atoms with van der Waals surface area (Å²) >= 11 is 1.53. The summed E-state index contributed by atoms with van der Waals surface area (Å²) in [6.07, 6.45) is 2.65. The van der Waals surface area contributed by atoms with Crippen molar-refractivity contribution in [2.75, 3.05) is 0 Å². The van der Waals surface area contributed by atoms with Crippen LogP contribution in [0.15, 0.2) is 33.0 Å². The molecule has 0 saturated carbocycles. The van der Waals surface area contributed by atoms with Crippen LogP contribution in [0.2, 0.25) is 0 Å². The third kappa shape index (κ3) is 3.91. The highest BCUT2D eigenvalue weighted by molar-refractivity contribution is 7.96. The molecule has 1 aromatic rings. The van der Waals surface area contributed by atoms with E-state index in [2.05, 4.69) is 10.5 Å². The highest BCUT2D eigenvalue weighted by Crippen LogP contribution is 2.22. The average Bonchev–Trinajstić information content (AvgIpc) is 2.80. The molecule has 0 aliphatic rings. The number of hydrazone groups is 1. The maximum atomic E-state index is 12.0.